The molecule has 2 aromatic rings. The molecule has 1 aromatic carbocycles. The zero-order valence-corrected chi connectivity index (χ0v) is 7.32. The first-order chi connectivity index (χ1) is 7.04. The molecule has 0 aliphatic heterocycles. The maximum Gasteiger partial charge on any atom is 0.573 e. The van der Waals surface area contributed by atoms with Crippen LogP contribution >= 0.6 is 0 Å². The predicted molar refractivity (Wildman–Crippen MR) is 46.2 cm³/mol. The number of halogens is 3. The summed E-state index contributed by atoms with van der Waals surface area (Å²) in [5.41, 5.74) is 0.520. The molecular weight excluding hydrogens is 209 g/mol. The highest BCUT2D eigenvalue weighted by molar-refractivity contribution is 5.79. The number of alkyl halides is 3. The van der Waals surface area contributed by atoms with Gasteiger partial charge in [0.05, 0.1) is 11.7 Å². The molecule has 1 aromatic heterocycles. The van der Waals surface area contributed by atoms with E-state index >= 15 is 0 Å². The normalized spacial score (nSPS) is 11.7. The van der Waals surface area contributed by atoms with E-state index in [1.165, 1.54) is 24.4 Å². The summed E-state index contributed by atoms with van der Waals surface area (Å²) in [5.74, 6) is -0.261. The van der Waals surface area contributed by atoms with Crippen molar-refractivity contribution in [2.24, 2.45) is 0 Å². The van der Waals surface area contributed by atoms with Gasteiger partial charge in [-0.2, -0.15) is 10.2 Å². The molecule has 78 valence electrons. The SMILES string of the molecule is FC(F)(F)Oc1ccc2nnccc2c1. The smallest absolute Gasteiger partial charge is 0.406 e. The second kappa shape index (κ2) is 3.38. The largest absolute Gasteiger partial charge is 0.573 e. The van der Waals surface area contributed by atoms with E-state index in [0.29, 0.717) is 10.9 Å². The minimum absolute atomic E-state index is 0.261. The van der Waals surface area contributed by atoms with Gasteiger partial charge in [-0.1, -0.05) is 0 Å². The molecule has 0 unspecified atom stereocenters. The topological polar surface area (TPSA) is 35.0 Å². The quantitative estimate of drug-likeness (QED) is 0.731. The lowest BCUT2D eigenvalue weighted by atomic mass is 10.2. The third-order valence-corrected chi connectivity index (χ3v) is 1.72. The van der Waals surface area contributed by atoms with Gasteiger partial charge in [-0.25, -0.2) is 0 Å². The molecule has 0 aliphatic carbocycles. The molecule has 0 aliphatic rings. The minimum atomic E-state index is -4.67. The van der Waals surface area contributed by atoms with Crippen LogP contribution in [-0.2, 0) is 0 Å². The van der Waals surface area contributed by atoms with E-state index in [1.807, 2.05) is 0 Å². The Bertz CT molecular complexity index is 484. The molecule has 0 bridgehead atoms. The van der Waals surface area contributed by atoms with Gasteiger partial charge in [0.2, 0.25) is 0 Å². The molecule has 0 saturated carbocycles. The van der Waals surface area contributed by atoms with Gasteiger partial charge in [-0.15, -0.1) is 13.2 Å². The van der Waals surface area contributed by atoms with Crippen molar-refractivity contribution in [3.8, 4) is 5.75 Å². The lowest BCUT2D eigenvalue weighted by molar-refractivity contribution is -0.274. The van der Waals surface area contributed by atoms with Crippen molar-refractivity contribution in [1.82, 2.24) is 10.2 Å². The Balaban J connectivity index is 2.39. The van der Waals surface area contributed by atoms with Crippen molar-refractivity contribution in [2.45, 2.75) is 6.36 Å². The highest BCUT2D eigenvalue weighted by Gasteiger charge is 2.31. The third kappa shape index (κ3) is 2.34. The van der Waals surface area contributed by atoms with Gasteiger partial charge in [0.15, 0.2) is 0 Å². The van der Waals surface area contributed by atoms with Crippen LogP contribution in [0.25, 0.3) is 10.9 Å². The Morgan fingerprint density at radius 3 is 2.67 bits per heavy atom. The number of aromatic nitrogens is 2. The Labute approximate surface area is 82.5 Å². The van der Waals surface area contributed by atoms with E-state index in [0.717, 1.165) is 0 Å². The summed E-state index contributed by atoms with van der Waals surface area (Å²) in [5, 5.41) is 7.88. The van der Waals surface area contributed by atoms with Crippen LogP contribution in [0.15, 0.2) is 30.5 Å². The molecule has 0 radical (unpaired) electrons. The van der Waals surface area contributed by atoms with E-state index < -0.39 is 6.36 Å². The van der Waals surface area contributed by atoms with Crippen molar-refractivity contribution in [2.75, 3.05) is 0 Å². The van der Waals surface area contributed by atoms with Gasteiger partial charge < -0.3 is 4.74 Å². The summed E-state index contributed by atoms with van der Waals surface area (Å²) in [6.45, 7) is 0. The van der Waals surface area contributed by atoms with Crippen LogP contribution in [0.5, 0.6) is 5.75 Å². The zero-order valence-electron chi connectivity index (χ0n) is 7.32. The molecule has 0 amide bonds. The molecule has 0 spiro atoms. The Morgan fingerprint density at radius 2 is 1.93 bits per heavy atom. The Morgan fingerprint density at radius 1 is 1.13 bits per heavy atom. The summed E-state index contributed by atoms with van der Waals surface area (Å²) >= 11 is 0. The Hall–Kier alpha value is -1.85. The molecular formula is C9H5F3N2O. The fraction of sp³-hybridized carbons (Fsp3) is 0.111. The van der Waals surface area contributed by atoms with Crippen LogP contribution in [0.1, 0.15) is 0 Å². The molecule has 15 heavy (non-hydrogen) atoms. The first kappa shape index (κ1) is 9.70. The molecule has 0 atom stereocenters. The van der Waals surface area contributed by atoms with Crippen LogP contribution < -0.4 is 4.74 Å². The van der Waals surface area contributed by atoms with Gasteiger partial charge in [0.25, 0.3) is 0 Å². The van der Waals surface area contributed by atoms with Gasteiger partial charge in [-0.05, 0) is 24.3 Å². The van der Waals surface area contributed by atoms with Crippen LogP contribution in [0.2, 0.25) is 0 Å². The van der Waals surface area contributed by atoms with Crippen molar-refractivity contribution in [3.63, 3.8) is 0 Å². The standard InChI is InChI=1S/C9H5F3N2O/c10-9(11,12)15-7-1-2-8-6(5-7)3-4-13-14-8/h1-5H. The first-order valence-corrected chi connectivity index (χ1v) is 4.02. The van der Waals surface area contributed by atoms with E-state index in [9.17, 15) is 13.2 Å². The first-order valence-electron chi connectivity index (χ1n) is 4.02. The van der Waals surface area contributed by atoms with Crippen molar-refractivity contribution < 1.29 is 17.9 Å². The Kier molecular flexibility index (Phi) is 2.18. The van der Waals surface area contributed by atoms with Gasteiger partial charge in [0, 0.05) is 5.39 Å². The van der Waals surface area contributed by atoms with Crippen molar-refractivity contribution in [1.29, 1.82) is 0 Å². The lowest BCUT2D eigenvalue weighted by Gasteiger charge is -2.08. The second-order valence-electron chi connectivity index (χ2n) is 2.80. The third-order valence-electron chi connectivity index (χ3n) is 1.72. The van der Waals surface area contributed by atoms with Gasteiger partial charge >= 0.3 is 6.36 Å². The van der Waals surface area contributed by atoms with E-state index in [-0.39, 0.29) is 5.75 Å². The number of rotatable bonds is 1. The number of hydrogen-bond acceptors (Lipinski definition) is 3. The van der Waals surface area contributed by atoms with Crippen LogP contribution in [0.3, 0.4) is 0 Å². The van der Waals surface area contributed by atoms with Gasteiger partial charge in [0.1, 0.15) is 5.75 Å². The van der Waals surface area contributed by atoms with Crippen LogP contribution in [0.4, 0.5) is 13.2 Å². The molecule has 0 saturated heterocycles. The van der Waals surface area contributed by atoms with E-state index in [4.69, 9.17) is 0 Å². The fourth-order valence-electron chi connectivity index (χ4n) is 1.16. The van der Waals surface area contributed by atoms with Crippen molar-refractivity contribution in [3.05, 3.63) is 30.5 Å². The number of fused-ring (bicyclic) bond motifs is 1. The van der Waals surface area contributed by atoms with Crippen LogP contribution in [-0.4, -0.2) is 16.6 Å². The summed E-state index contributed by atoms with van der Waals surface area (Å²) in [4.78, 5) is 0. The number of nitrogens with zero attached hydrogens (tertiary/aromatic N) is 2. The maximum absolute atomic E-state index is 11.9. The molecule has 1 heterocycles. The van der Waals surface area contributed by atoms with Crippen molar-refractivity contribution >= 4 is 10.9 Å². The number of hydrogen-bond donors (Lipinski definition) is 0. The second-order valence-corrected chi connectivity index (χ2v) is 2.80. The molecule has 6 heteroatoms. The average Bonchev–Trinajstić information content (AvgIpc) is 2.15. The van der Waals surface area contributed by atoms with E-state index in [2.05, 4.69) is 14.9 Å². The van der Waals surface area contributed by atoms with Gasteiger partial charge in [-0.3, -0.25) is 0 Å². The molecule has 2 rings (SSSR count). The minimum Gasteiger partial charge on any atom is -0.406 e. The summed E-state index contributed by atoms with van der Waals surface area (Å²) in [6.07, 6.45) is -3.27. The molecule has 3 nitrogen and oxygen atoms in total. The average molecular weight is 214 g/mol. The highest BCUT2D eigenvalue weighted by atomic mass is 19.4. The fourth-order valence-corrected chi connectivity index (χ4v) is 1.16. The summed E-state index contributed by atoms with van der Waals surface area (Å²) in [6, 6.07) is 5.44. The summed E-state index contributed by atoms with van der Waals surface area (Å²) in [7, 11) is 0. The highest BCUT2D eigenvalue weighted by Crippen LogP contribution is 2.25. The maximum atomic E-state index is 11.9. The lowest BCUT2D eigenvalue weighted by Crippen LogP contribution is -2.17. The zero-order chi connectivity index (χ0) is 10.9. The predicted octanol–water partition coefficient (Wildman–Crippen LogP) is 2.53. The van der Waals surface area contributed by atoms with E-state index in [1.54, 1.807) is 6.07 Å². The number of ether oxygens (including phenoxy) is 1. The summed E-state index contributed by atoms with van der Waals surface area (Å²) < 4.78 is 39.4. The van der Waals surface area contributed by atoms with Crippen LogP contribution in [0, 0.1) is 0 Å². The monoisotopic (exact) mass is 214 g/mol. The molecule has 0 fully saturated rings. The molecule has 0 N–H and O–H groups in total. The number of benzene rings is 1.